The Bertz CT molecular complexity index is 351. The van der Waals surface area contributed by atoms with Crippen LogP contribution in [0.5, 0.6) is 23.0 Å². The summed E-state index contributed by atoms with van der Waals surface area (Å²) in [5, 5.41) is 12.8. The number of phenols is 1. The summed E-state index contributed by atoms with van der Waals surface area (Å²) in [6, 6.07) is 3.30. The molecule has 5 nitrogen and oxygen atoms in total. The molecule has 1 saturated heterocycles. The molecule has 0 bridgehead atoms. The van der Waals surface area contributed by atoms with Crippen molar-refractivity contribution < 1.29 is 19.3 Å². The van der Waals surface area contributed by atoms with E-state index in [0.29, 0.717) is 17.2 Å². The van der Waals surface area contributed by atoms with E-state index in [0.717, 1.165) is 13.1 Å². The smallest absolute Gasteiger partial charge is 0.201 e. The third-order valence-corrected chi connectivity index (χ3v) is 2.50. The molecule has 0 aliphatic carbocycles. The summed E-state index contributed by atoms with van der Waals surface area (Å²) in [7, 11) is 2.98. The first kappa shape index (κ1) is 10.9. The first-order valence-electron chi connectivity index (χ1n) is 5.07. The number of benzene rings is 1. The van der Waals surface area contributed by atoms with Crippen LogP contribution in [-0.2, 0) is 0 Å². The van der Waals surface area contributed by atoms with Gasteiger partial charge in [-0.05, 0) is 0 Å². The van der Waals surface area contributed by atoms with Crippen LogP contribution in [0.15, 0.2) is 12.1 Å². The highest BCUT2D eigenvalue weighted by Crippen LogP contribution is 2.40. The van der Waals surface area contributed by atoms with Crippen LogP contribution in [0.25, 0.3) is 0 Å². The lowest BCUT2D eigenvalue weighted by atomic mass is 10.2. The van der Waals surface area contributed by atoms with E-state index in [1.165, 1.54) is 14.2 Å². The molecule has 0 unspecified atom stereocenters. The number of nitrogens with one attached hydrogen (secondary N) is 1. The molecule has 0 amide bonds. The Morgan fingerprint density at radius 2 is 1.75 bits per heavy atom. The topological polar surface area (TPSA) is 60.0 Å². The highest BCUT2D eigenvalue weighted by molar-refractivity contribution is 5.54. The molecule has 1 aromatic rings. The highest BCUT2D eigenvalue weighted by atomic mass is 16.5. The summed E-state index contributed by atoms with van der Waals surface area (Å²) in [6.45, 7) is 1.68. The van der Waals surface area contributed by atoms with Crippen LogP contribution in [0.1, 0.15) is 0 Å². The quantitative estimate of drug-likeness (QED) is 0.792. The number of aromatic hydroxyl groups is 1. The maximum absolute atomic E-state index is 9.70. The second-order valence-electron chi connectivity index (χ2n) is 3.57. The third kappa shape index (κ3) is 1.99. The Kier molecular flexibility index (Phi) is 3.05. The first-order valence-corrected chi connectivity index (χ1v) is 5.07. The molecule has 1 aliphatic rings. The number of ether oxygens (including phenoxy) is 3. The normalized spacial score (nSPS) is 15.4. The molecule has 88 valence electrons. The molecular formula is C11H15NO4. The van der Waals surface area contributed by atoms with Gasteiger partial charge in [0.1, 0.15) is 11.9 Å². The number of hydrogen-bond acceptors (Lipinski definition) is 5. The Morgan fingerprint density at radius 1 is 1.19 bits per heavy atom. The van der Waals surface area contributed by atoms with Crippen molar-refractivity contribution in [3.05, 3.63) is 12.1 Å². The van der Waals surface area contributed by atoms with E-state index in [1.54, 1.807) is 12.1 Å². The highest BCUT2D eigenvalue weighted by Gasteiger charge is 2.20. The third-order valence-electron chi connectivity index (χ3n) is 2.50. The van der Waals surface area contributed by atoms with E-state index in [4.69, 9.17) is 14.2 Å². The van der Waals surface area contributed by atoms with Crippen LogP contribution < -0.4 is 19.5 Å². The second kappa shape index (κ2) is 4.49. The fourth-order valence-electron chi connectivity index (χ4n) is 1.48. The summed E-state index contributed by atoms with van der Waals surface area (Å²) in [4.78, 5) is 0. The van der Waals surface area contributed by atoms with Gasteiger partial charge in [-0.1, -0.05) is 0 Å². The van der Waals surface area contributed by atoms with Crippen molar-refractivity contribution >= 4 is 0 Å². The average molecular weight is 225 g/mol. The lowest BCUT2D eigenvalue weighted by molar-refractivity contribution is 0.141. The van der Waals surface area contributed by atoms with Crippen molar-refractivity contribution in [2.75, 3.05) is 27.3 Å². The summed E-state index contributed by atoms with van der Waals surface area (Å²) in [5.41, 5.74) is 0. The van der Waals surface area contributed by atoms with E-state index < -0.39 is 0 Å². The Morgan fingerprint density at radius 3 is 2.12 bits per heavy atom. The summed E-state index contributed by atoms with van der Waals surface area (Å²) in [5.74, 6) is 1.32. The van der Waals surface area contributed by atoms with Crippen LogP contribution >= 0.6 is 0 Å². The molecule has 0 aromatic heterocycles. The summed E-state index contributed by atoms with van der Waals surface area (Å²) >= 11 is 0. The molecule has 0 radical (unpaired) electrons. The fourth-order valence-corrected chi connectivity index (χ4v) is 1.48. The van der Waals surface area contributed by atoms with E-state index >= 15 is 0 Å². The van der Waals surface area contributed by atoms with Gasteiger partial charge in [0.2, 0.25) is 5.75 Å². The van der Waals surface area contributed by atoms with Crippen LogP contribution in [0, 0.1) is 0 Å². The van der Waals surface area contributed by atoms with E-state index in [-0.39, 0.29) is 11.9 Å². The van der Waals surface area contributed by atoms with E-state index in [2.05, 4.69) is 5.32 Å². The minimum absolute atomic E-state index is 0.0101. The van der Waals surface area contributed by atoms with Crippen LogP contribution in [-0.4, -0.2) is 38.5 Å². The van der Waals surface area contributed by atoms with Gasteiger partial charge >= 0.3 is 0 Å². The summed E-state index contributed by atoms with van der Waals surface area (Å²) < 4.78 is 15.7. The zero-order valence-corrected chi connectivity index (χ0v) is 9.32. The average Bonchev–Trinajstić information content (AvgIpc) is 2.25. The van der Waals surface area contributed by atoms with Gasteiger partial charge in [-0.15, -0.1) is 0 Å². The van der Waals surface area contributed by atoms with Crippen molar-refractivity contribution in [3.63, 3.8) is 0 Å². The predicted molar refractivity (Wildman–Crippen MR) is 58.5 cm³/mol. The minimum atomic E-state index is -0.0101. The molecule has 2 rings (SSSR count). The molecular weight excluding hydrogens is 210 g/mol. The predicted octanol–water partition coefficient (Wildman–Crippen LogP) is 0.760. The van der Waals surface area contributed by atoms with Crippen molar-refractivity contribution in [1.29, 1.82) is 0 Å². The van der Waals surface area contributed by atoms with Gasteiger partial charge in [-0.2, -0.15) is 0 Å². The van der Waals surface area contributed by atoms with Gasteiger partial charge in [0.05, 0.1) is 14.2 Å². The van der Waals surface area contributed by atoms with Gasteiger partial charge in [0, 0.05) is 25.2 Å². The minimum Gasteiger partial charge on any atom is -0.502 e. The molecule has 0 spiro atoms. The van der Waals surface area contributed by atoms with Crippen LogP contribution in [0.4, 0.5) is 0 Å². The molecule has 2 N–H and O–H groups in total. The van der Waals surface area contributed by atoms with Crippen molar-refractivity contribution in [2.45, 2.75) is 6.10 Å². The Labute approximate surface area is 93.9 Å². The van der Waals surface area contributed by atoms with Crippen LogP contribution in [0.3, 0.4) is 0 Å². The number of rotatable bonds is 4. The van der Waals surface area contributed by atoms with Gasteiger partial charge in [0.15, 0.2) is 11.5 Å². The van der Waals surface area contributed by atoms with Crippen LogP contribution in [0.2, 0.25) is 0 Å². The van der Waals surface area contributed by atoms with Gasteiger partial charge in [-0.3, -0.25) is 0 Å². The molecule has 1 aromatic carbocycles. The van der Waals surface area contributed by atoms with Gasteiger partial charge in [-0.25, -0.2) is 0 Å². The molecule has 1 aliphatic heterocycles. The Balaban J connectivity index is 2.23. The Hall–Kier alpha value is -1.62. The van der Waals surface area contributed by atoms with Gasteiger partial charge in [0.25, 0.3) is 0 Å². The van der Waals surface area contributed by atoms with Crippen molar-refractivity contribution in [2.24, 2.45) is 0 Å². The number of phenolic OH excluding ortho intramolecular Hbond substituents is 1. The van der Waals surface area contributed by atoms with E-state index in [9.17, 15) is 5.11 Å². The number of hydrogen-bond donors (Lipinski definition) is 2. The monoisotopic (exact) mass is 225 g/mol. The lowest BCUT2D eigenvalue weighted by Gasteiger charge is -2.28. The zero-order valence-electron chi connectivity index (χ0n) is 9.32. The largest absolute Gasteiger partial charge is 0.502 e. The molecule has 16 heavy (non-hydrogen) atoms. The number of methoxy groups -OCH3 is 2. The zero-order chi connectivity index (χ0) is 11.5. The molecule has 1 heterocycles. The first-order chi connectivity index (χ1) is 7.74. The van der Waals surface area contributed by atoms with Crippen molar-refractivity contribution in [3.8, 4) is 23.0 Å². The lowest BCUT2D eigenvalue weighted by Crippen LogP contribution is -2.50. The standard InChI is InChI=1S/C11H15NO4/c1-14-9-3-7(16-8-5-12-6-8)4-10(15-2)11(9)13/h3-4,8,12-13H,5-6H2,1-2H3. The fraction of sp³-hybridized carbons (Fsp3) is 0.455. The van der Waals surface area contributed by atoms with Crippen molar-refractivity contribution in [1.82, 2.24) is 5.32 Å². The van der Waals surface area contributed by atoms with E-state index in [1.807, 2.05) is 0 Å². The summed E-state index contributed by atoms with van der Waals surface area (Å²) in [6.07, 6.45) is 0.180. The molecule has 1 fully saturated rings. The second-order valence-corrected chi connectivity index (χ2v) is 3.57. The maximum atomic E-state index is 9.70. The SMILES string of the molecule is COc1cc(OC2CNC2)cc(OC)c1O. The molecule has 0 atom stereocenters. The molecule has 5 heteroatoms. The van der Waals surface area contributed by atoms with Gasteiger partial charge < -0.3 is 24.6 Å². The maximum Gasteiger partial charge on any atom is 0.201 e. The molecule has 0 saturated carbocycles.